The fourth-order valence-corrected chi connectivity index (χ4v) is 4.67. The number of piperidine rings is 1. The van der Waals surface area contributed by atoms with Gasteiger partial charge >= 0.3 is 12.0 Å². The molecule has 2 aromatic heterocycles. The average Bonchev–Trinajstić information content (AvgIpc) is 3.41. The van der Waals surface area contributed by atoms with E-state index in [0.29, 0.717) is 41.5 Å². The van der Waals surface area contributed by atoms with Gasteiger partial charge in [0.25, 0.3) is 0 Å². The molecule has 3 heterocycles. The number of aromatic amines is 1. The van der Waals surface area contributed by atoms with Gasteiger partial charge in [0.1, 0.15) is 5.69 Å². The Kier molecular flexibility index (Phi) is 6.85. The summed E-state index contributed by atoms with van der Waals surface area (Å²) in [6, 6.07) is 1.71. The molecule has 2 amide bonds. The summed E-state index contributed by atoms with van der Waals surface area (Å²) >= 11 is 0. The maximum atomic E-state index is 13.3. The summed E-state index contributed by atoms with van der Waals surface area (Å²) in [5.74, 6) is 0.506. The van der Waals surface area contributed by atoms with E-state index in [9.17, 15) is 9.59 Å². The molecule has 1 aliphatic carbocycles. The molecular weight excluding hydrogens is 434 g/mol. The van der Waals surface area contributed by atoms with Crippen LogP contribution < -0.4 is 10.6 Å². The van der Waals surface area contributed by atoms with Gasteiger partial charge in [-0.2, -0.15) is 5.10 Å². The number of ether oxygens (including phenoxy) is 1. The van der Waals surface area contributed by atoms with Crippen LogP contribution in [0.4, 0.5) is 16.2 Å². The number of amides is 2. The van der Waals surface area contributed by atoms with Crippen molar-refractivity contribution >= 4 is 29.6 Å². The van der Waals surface area contributed by atoms with Crippen molar-refractivity contribution in [3.05, 3.63) is 24.0 Å². The van der Waals surface area contributed by atoms with E-state index >= 15 is 0 Å². The first-order chi connectivity index (χ1) is 16.3. The Morgan fingerprint density at radius 2 is 2.15 bits per heavy atom. The zero-order valence-electron chi connectivity index (χ0n) is 20.0. The number of hydrogen-bond donors (Lipinski definition) is 4. The van der Waals surface area contributed by atoms with Crippen molar-refractivity contribution in [2.24, 2.45) is 11.8 Å². The maximum Gasteiger partial charge on any atom is 0.322 e. The number of hydrogen-bond acceptors (Lipinski definition) is 7. The van der Waals surface area contributed by atoms with Gasteiger partial charge in [0.05, 0.1) is 24.7 Å². The van der Waals surface area contributed by atoms with Crippen molar-refractivity contribution in [1.29, 1.82) is 5.41 Å². The minimum atomic E-state index is -0.189. The lowest BCUT2D eigenvalue weighted by Gasteiger charge is -2.39. The maximum absolute atomic E-state index is 13.3. The summed E-state index contributed by atoms with van der Waals surface area (Å²) in [5, 5.41) is 21.1. The standard InChI is InChI=1S/C24H33N7O3/c1-15(2)12-26-18-9-19(27-13-17(18)11-25)22-20(14-28-30-22)29-23(33)31-7-4-16(8-21(32)34-3)10-24(31)5-6-24/h9,11,13-16,25H,4-8,10,12H2,1-3H3,(H,26,27)(H,28,30)(H,29,33). The highest BCUT2D eigenvalue weighted by Crippen LogP contribution is 2.51. The molecule has 4 N–H and O–H groups in total. The van der Waals surface area contributed by atoms with E-state index in [1.165, 1.54) is 13.3 Å². The Morgan fingerprint density at radius 3 is 2.82 bits per heavy atom. The summed E-state index contributed by atoms with van der Waals surface area (Å²) < 4.78 is 4.83. The minimum absolute atomic E-state index is 0.161. The number of esters is 1. The third-order valence-corrected chi connectivity index (χ3v) is 6.69. The molecule has 1 atom stereocenters. The topological polar surface area (TPSA) is 136 Å². The van der Waals surface area contributed by atoms with Crippen LogP contribution in [-0.4, -0.2) is 64.0 Å². The first-order valence-corrected chi connectivity index (χ1v) is 11.8. The third kappa shape index (κ3) is 5.05. The number of urea groups is 1. The monoisotopic (exact) mass is 467 g/mol. The lowest BCUT2D eigenvalue weighted by molar-refractivity contribution is -0.142. The van der Waals surface area contributed by atoms with Crippen LogP contribution in [0.15, 0.2) is 18.5 Å². The van der Waals surface area contributed by atoms with Gasteiger partial charge in [-0.25, -0.2) is 4.79 Å². The number of carbonyl (C=O) groups excluding carboxylic acids is 2. The molecule has 4 rings (SSSR count). The fourth-order valence-electron chi connectivity index (χ4n) is 4.67. The van der Waals surface area contributed by atoms with Crippen LogP contribution in [0.2, 0.25) is 0 Å². The van der Waals surface area contributed by atoms with Gasteiger partial charge in [-0.15, -0.1) is 0 Å². The first kappa shape index (κ1) is 23.7. The average molecular weight is 468 g/mol. The van der Waals surface area contributed by atoms with Crippen LogP contribution in [0, 0.1) is 17.2 Å². The van der Waals surface area contributed by atoms with Crippen molar-refractivity contribution in [3.63, 3.8) is 0 Å². The summed E-state index contributed by atoms with van der Waals surface area (Å²) in [6.45, 7) is 5.61. The van der Waals surface area contributed by atoms with Crippen LogP contribution in [0.1, 0.15) is 51.5 Å². The van der Waals surface area contributed by atoms with E-state index in [-0.39, 0.29) is 23.5 Å². The molecule has 10 heteroatoms. The Morgan fingerprint density at radius 1 is 1.35 bits per heavy atom. The molecule has 1 spiro atoms. The number of rotatable bonds is 8. The van der Waals surface area contributed by atoms with E-state index in [2.05, 4.69) is 39.7 Å². The third-order valence-electron chi connectivity index (χ3n) is 6.69. The van der Waals surface area contributed by atoms with Crippen LogP contribution >= 0.6 is 0 Å². The van der Waals surface area contributed by atoms with Crippen molar-refractivity contribution in [2.45, 2.75) is 51.5 Å². The molecule has 1 saturated heterocycles. The largest absolute Gasteiger partial charge is 0.469 e. The molecule has 0 radical (unpaired) electrons. The number of likely N-dealkylation sites (tertiary alicyclic amines) is 1. The summed E-state index contributed by atoms with van der Waals surface area (Å²) in [6.07, 6.45) is 8.41. The SMILES string of the molecule is COC(=O)CC1CCN(C(=O)Nc2cn[nH]c2-c2cc(NCC(C)C)c(C=N)cn2)C2(CC2)C1. The summed E-state index contributed by atoms with van der Waals surface area (Å²) in [7, 11) is 1.41. The predicted molar refractivity (Wildman–Crippen MR) is 130 cm³/mol. The summed E-state index contributed by atoms with van der Waals surface area (Å²) in [5.41, 5.74) is 3.14. The van der Waals surface area contributed by atoms with E-state index in [1.807, 2.05) is 11.0 Å². The van der Waals surface area contributed by atoms with Gasteiger partial charge in [-0.1, -0.05) is 13.8 Å². The lowest BCUT2D eigenvalue weighted by atomic mass is 9.87. The van der Waals surface area contributed by atoms with E-state index in [0.717, 1.165) is 37.9 Å². The number of methoxy groups -OCH3 is 1. The summed E-state index contributed by atoms with van der Waals surface area (Å²) in [4.78, 5) is 31.3. The van der Waals surface area contributed by atoms with Gasteiger partial charge in [0.2, 0.25) is 0 Å². The van der Waals surface area contributed by atoms with Gasteiger partial charge in [-0.3, -0.25) is 14.9 Å². The van der Waals surface area contributed by atoms with E-state index in [1.54, 1.807) is 12.4 Å². The number of nitrogens with one attached hydrogen (secondary N) is 4. The minimum Gasteiger partial charge on any atom is -0.469 e. The number of aromatic nitrogens is 3. The Hall–Kier alpha value is -3.43. The zero-order valence-corrected chi connectivity index (χ0v) is 20.0. The second-order valence-corrected chi connectivity index (χ2v) is 9.68. The number of H-pyrrole nitrogens is 1. The normalized spacial score (nSPS) is 18.6. The second kappa shape index (κ2) is 9.82. The van der Waals surface area contributed by atoms with Crippen LogP contribution in [0.3, 0.4) is 0 Å². The number of carbonyl (C=O) groups is 2. The van der Waals surface area contributed by atoms with E-state index in [4.69, 9.17) is 10.1 Å². The Balaban J connectivity index is 1.48. The Labute approximate surface area is 199 Å². The zero-order chi connectivity index (χ0) is 24.3. The van der Waals surface area contributed by atoms with Crippen molar-refractivity contribution in [1.82, 2.24) is 20.1 Å². The number of anilines is 2. The van der Waals surface area contributed by atoms with Gasteiger partial charge in [0, 0.05) is 48.7 Å². The van der Waals surface area contributed by atoms with Gasteiger partial charge < -0.3 is 25.7 Å². The smallest absolute Gasteiger partial charge is 0.322 e. The molecule has 34 heavy (non-hydrogen) atoms. The molecule has 1 saturated carbocycles. The second-order valence-electron chi connectivity index (χ2n) is 9.68. The van der Waals surface area contributed by atoms with Gasteiger partial charge in [0.15, 0.2) is 0 Å². The molecule has 2 fully saturated rings. The number of nitrogens with zero attached hydrogens (tertiary/aromatic N) is 3. The number of pyridine rings is 1. The van der Waals surface area contributed by atoms with Crippen molar-refractivity contribution in [3.8, 4) is 11.4 Å². The molecule has 182 valence electrons. The Bertz CT molecular complexity index is 1060. The predicted octanol–water partition coefficient (Wildman–Crippen LogP) is 3.88. The highest BCUT2D eigenvalue weighted by molar-refractivity contribution is 5.94. The van der Waals surface area contributed by atoms with Crippen LogP contribution in [0.5, 0.6) is 0 Å². The highest BCUT2D eigenvalue weighted by atomic mass is 16.5. The highest BCUT2D eigenvalue weighted by Gasteiger charge is 2.53. The van der Waals surface area contributed by atoms with Crippen LogP contribution in [0.25, 0.3) is 11.4 Å². The lowest BCUT2D eigenvalue weighted by Crippen LogP contribution is -2.50. The fraction of sp³-hybridized carbons (Fsp3) is 0.542. The molecule has 1 unspecified atom stereocenters. The van der Waals surface area contributed by atoms with Crippen LogP contribution in [-0.2, 0) is 9.53 Å². The first-order valence-electron chi connectivity index (χ1n) is 11.8. The molecule has 0 aromatic carbocycles. The van der Waals surface area contributed by atoms with Crippen molar-refractivity contribution in [2.75, 3.05) is 30.8 Å². The van der Waals surface area contributed by atoms with E-state index < -0.39 is 0 Å². The molecule has 10 nitrogen and oxygen atoms in total. The molecule has 2 aliphatic rings. The molecular formula is C24H33N7O3. The molecule has 1 aliphatic heterocycles. The van der Waals surface area contributed by atoms with Crippen molar-refractivity contribution < 1.29 is 14.3 Å². The quantitative estimate of drug-likeness (QED) is 0.344. The molecule has 2 aromatic rings. The van der Waals surface area contributed by atoms with Gasteiger partial charge in [-0.05, 0) is 43.6 Å². The molecule has 0 bridgehead atoms.